The highest BCUT2D eigenvalue weighted by molar-refractivity contribution is 5.98. The van der Waals surface area contributed by atoms with Crippen LogP contribution in [0.25, 0.3) is 10.8 Å². The number of benzene rings is 4. The molecule has 4 bridgehead atoms. The fraction of sp³-hybridized carbons (Fsp3) is 0.314. The predicted octanol–water partition coefficient (Wildman–Crippen LogP) is 7.88. The smallest absolute Gasteiger partial charge is 0.343 e. The molecule has 0 atom stereocenters. The maximum absolute atomic E-state index is 13.7. The molecule has 0 N–H and O–H groups in total. The molecule has 0 radical (unpaired) electrons. The third-order valence-electron chi connectivity index (χ3n) is 9.21. The van der Waals surface area contributed by atoms with E-state index in [1.807, 2.05) is 66.7 Å². The van der Waals surface area contributed by atoms with Crippen molar-refractivity contribution < 1.29 is 19.1 Å². The lowest BCUT2D eigenvalue weighted by molar-refractivity contribution is -0.00608. The number of hydrogen-bond acceptors (Lipinski definition) is 4. The first kappa shape index (κ1) is 24.1. The van der Waals surface area contributed by atoms with Gasteiger partial charge in [0.2, 0.25) is 0 Å². The summed E-state index contributed by atoms with van der Waals surface area (Å²) in [5.41, 5.74) is 3.32. The normalized spacial score (nSPS) is 25.0. The van der Waals surface area contributed by atoms with Gasteiger partial charge in [0.25, 0.3) is 0 Å². The number of rotatable bonds is 6. The van der Waals surface area contributed by atoms with Crippen molar-refractivity contribution in [2.24, 2.45) is 17.8 Å². The van der Waals surface area contributed by atoms with E-state index in [-0.39, 0.29) is 24.0 Å². The summed E-state index contributed by atoms with van der Waals surface area (Å²) >= 11 is 0. The summed E-state index contributed by atoms with van der Waals surface area (Å²) in [4.78, 5) is 26.3. The molecule has 4 aromatic carbocycles. The quantitative estimate of drug-likeness (QED) is 0.193. The predicted molar refractivity (Wildman–Crippen MR) is 151 cm³/mol. The maximum Gasteiger partial charge on any atom is 0.343 e. The molecule has 0 unspecified atom stereocenters. The molecule has 4 aromatic rings. The first-order valence-corrected chi connectivity index (χ1v) is 14.1. The number of carbonyl (C=O) groups excluding carboxylic acids is 2. The number of ether oxygens (including phenoxy) is 2. The summed E-state index contributed by atoms with van der Waals surface area (Å²) < 4.78 is 11.6. The van der Waals surface area contributed by atoms with Crippen LogP contribution in [0.3, 0.4) is 0 Å². The van der Waals surface area contributed by atoms with Gasteiger partial charge in [-0.3, -0.25) is 0 Å². The fourth-order valence-corrected chi connectivity index (χ4v) is 7.93. The number of esters is 2. The summed E-state index contributed by atoms with van der Waals surface area (Å²) in [6.07, 6.45) is 7.44. The Balaban J connectivity index is 1.26. The van der Waals surface area contributed by atoms with Gasteiger partial charge in [0.1, 0.15) is 12.4 Å². The lowest BCUT2D eigenvalue weighted by Gasteiger charge is -2.57. The molecule has 39 heavy (non-hydrogen) atoms. The molecule has 0 spiro atoms. The fourth-order valence-electron chi connectivity index (χ4n) is 7.93. The van der Waals surface area contributed by atoms with E-state index < -0.39 is 0 Å². The summed E-state index contributed by atoms with van der Waals surface area (Å²) in [7, 11) is 0. The highest BCUT2D eigenvalue weighted by atomic mass is 16.5. The van der Waals surface area contributed by atoms with Crippen molar-refractivity contribution in [2.75, 3.05) is 0 Å². The maximum atomic E-state index is 13.7. The van der Waals surface area contributed by atoms with E-state index in [9.17, 15) is 9.59 Å². The van der Waals surface area contributed by atoms with Gasteiger partial charge in [-0.2, -0.15) is 0 Å². The Kier molecular flexibility index (Phi) is 5.99. The molecule has 0 saturated heterocycles. The molecule has 0 aliphatic heterocycles. The van der Waals surface area contributed by atoms with Gasteiger partial charge < -0.3 is 9.47 Å². The van der Waals surface area contributed by atoms with E-state index in [1.54, 1.807) is 18.2 Å². The van der Waals surface area contributed by atoms with Gasteiger partial charge in [-0.1, -0.05) is 54.6 Å². The summed E-state index contributed by atoms with van der Waals surface area (Å²) in [6, 6.07) is 28.7. The van der Waals surface area contributed by atoms with Crippen LogP contribution in [0.4, 0.5) is 0 Å². The minimum Gasteiger partial charge on any atom is -0.457 e. The second-order valence-electron chi connectivity index (χ2n) is 11.9. The average Bonchev–Trinajstić information content (AvgIpc) is 2.95. The van der Waals surface area contributed by atoms with E-state index in [2.05, 4.69) is 6.07 Å². The van der Waals surface area contributed by atoms with Gasteiger partial charge in [0.05, 0.1) is 11.1 Å². The topological polar surface area (TPSA) is 52.6 Å². The Morgan fingerprint density at radius 3 is 2.00 bits per heavy atom. The zero-order valence-electron chi connectivity index (χ0n) is 22.0. The average molecular weight is 517 g/mol. The molecule has 4 saturated carbocycles. The zero-order valence-corrected chi connectivity index (χ0v) is 22.0. The van der Waals surface area contributed by atoms with Crippen molar-refractivity contribution in [3.05, 3.63) is 113 Å². The standard InChI is InChI=1S/C35H32O4/c36-33(27-9-5-2-6-10-27)39-30-12-11-28-17-31(34(37)38-22-23-7-3-1-4-8-23)32(18-29(28)16-30)35-19-24-13-25(20-35)15-26(14-24)21-35/h1-12,16-18,24-26H,13-15,19-22H2. The Labute approximate surface area is 229 Å². The molecule has 0 heterocycles. The molecule has 8 rings (SSSR count). The van der Waals surface area contributed by atoms with Crippen LogP contribution in [0.2, 0.25) is 0 Å². The van der Waals surface area contributed by atoms with E-state index in [1.165, 1.54) is 19.3 Å². The minimum atomic E-state index is -0.377. The lowest BCUT2D eigenvalue weighted by Crippen LogP contribution is -2.49. The van der Waals surface area contributed by atoms with Crippen molar-refractivity contribution in [1.82, 2.24) is 0 Å². The van der Waals surface area contributed by atoms with Crippen molar-refractivity contribution >= 4 is 22.7 Å². The van der Waals surface area contributed by atoms with Gasteiger partial charge >= 0.3 is 11.9 Å². The van der Waals surface area contributed by atoms with Gasteiger partial charge in [0.15, 0.2) is 0 Å². The van der Waals surface area contributed by atoms with Crippen LogP contribution in [0.5, 0.6) is 5.75 Å². The van der Waals surface area contributed by atoms with Gasteiger partial charge in [-0.15, -0.1) is 0 Å². The van der Waals surface area contributed by atoms with E-state index >= 15 is 0 Å². The number of hydrogen-bond donors (Lipinski definition) is 0. The van der Waals surface area contributed by atoms with Crippen LogP contribution in [0.1, 0.15) is 70.4 Å². The van der Waals surface area contributed by atoms with Crippen LogP contribution in [0.15, 0.2) is 91.0 Å². The van der Waals surface area contributed by atoms with Crippen molar-refractivity contribution in [1.29, 1.82) is 0 Å². The van der Waals surface area contributed by atoms with Crippen LogP contribution >= 0.6 is 0 Å². The second-order valence-corrected chi connectivity index (χ2v) is 11.9. The van der Waals surface area contributed by atoms with Gasteiger partial charge in [-0.05, 0) is 120 Å². The minimum absolute atomic E-state index is 0.0146. The summed E-state index contributed by atoms with van der Waals surface area (Å²) in [5.74, 6) is 2.12. The molecular weight excluding hydrogens is 484 g/mol. The Bertz CT molecular complexity index is 1500. The SMILES string of the molecule is O=C(Oc1ccc2cc(C(=O)OCc3ccccc3)c(C34CC5CC(CC(C5)C3)C4)cc2c1)c1ccccc1. The lowest BCUT2D eigenvalue weighted by atomic mass is 9.47. The number of fused-ring (bicyclic) bond motifs is 1. The molecular formula is C35H32O4. The third-order valence-corrected chi connectivity index (χ3v) is 9.21. The Hall–Kier alpha value is -3.92. The molecule has 0 amide bonds. The number of carbonyl (C=O) groups is 2. The van der Waals surface area contributed by atoms with Crippen molar-refractivity contribution in [2.45, 2.75) is 50.5 Å². The second kappa shape index (κ2) is 9.68. The van der Waals surface area contributed by atoms with E-state index in [0.717, 1.165) is 58.9 Å². The van der Waals surface area contributed by atoms with Crippen LogP contribution < -0.4 is 4.74 Å². The first-order chi connectivity index (χ1) is 19.0. The Morgan fingerprint density at radius 2 is 1.33 bits per heavy atom. The molecule has 4 aliphatic rings. The zero-order chi connectivity index (χ0) is 26.4. The molecule has 196 valence electrons. The van der Waals surface area contributed by atoms with E-state index in [0.29, 0.717) is 16.9 Å². The molecule has 4 heteroatoms. The first-order valence-electron chi connectivity index (χ1n) is 14.1. The highest BCUT2D eigenvalue weighted by Crippen LogP contribution is 2.61. The summed E-state index contributed by atoms with van der Waals surface area (Å²) in [5, 5.41) is 1.92. The van der Waals surface area contributed by atoms with Crippen molar-refractivity contribution in [3.8, 4) is 5.75 Å². The van der Waals surface area contributed by atoms with Crippen LogP contribution in [-0.4, -0.2) is 11.9 Å². The third kappa shape index (κ3) is 4.63. The largest absolute Gasteiger partial charge is 0.457 e. The highest BCUT2D eigenvalue weighted by Gasteiger charge is 2.52. The Morgan fingerprint density at radius 1 is 0.692 bits per heavy atom. The molecule has 4 fully saturated rings. The van der Waals surface area contributed by atoms with Gasteiger partial charge in [-0.25, -0.2) is 9.59 Å². The molecule has 4 aliphatic carbocycles. The van der Waals surface area contributed by atoms with Crippen LogP contribution in [0, 0.1) is 17.8 Å². The van der Waals surface area contributed by atoms with E-state index in [4.69, 9.17) is 9.47 Å². The van der Waals surface area contributed by atoms with Gasteiger partial charge in [0, 0.05) is 0 Å². The molecule has 0 aromatic heterocycles. The summed E-state index contributed by atoms with van der Waals surface area (Å²) in [6.45, 7) is 0.256. The monoisotopic (exact) mass is 516 g/mol. The molecule has 4 nitrogen and oxygen atoms in total. The van der Waals surface area contributed by atoms with Crippen molar-refractivity contribution in [3.63, 3.8) is 0 Å². The van der Waals surface area contributed by atoms with Crippen LogP contribution in [-0.2, 0) is 16.8 Å².